The minimum absolute atomic E-state index is 0.0208. The van der Waals surface area contributed by atoms with Crippen molar-refractivity contribution >= 4 is 34.1 Å². The third kappa shape index (κ3) is 4.20. The van der Waals surface area contributed by atoms with Gasteiger partial charge < -0.3 is 15.2 Å². The van der Waals surface area contributed by atoms with Crippen molar-refractivity contribution in [2.24, 2.45) is 7.05 Å². The summed E-state index contributed by atoms with van der Waals surface area (Å²) in [5, 5.41) is 6.63. The topological polar surface area (TPSA) is 63.1 Å². The van der Waals surface area contributed by atoms with Crippen molar-refractivity contribution < 1.29 is 13.6 Å². The molecule has 5 nitrogen and oxygen atoms in total. The molecule has 1 heterocycles. The molecule has 1 aromatic heterocycles. The molecular weight excluding hydrogens is 436 g/mol. The van der Waals surface area contributed by atoms with Crippen LogP contribution in [-0.4, -0.2) is 10.6 Å². The number of hydrogen-bond donors (Lipinski definition) is 2. The van der Waals surface area contributed by atoms with Gasteiger partial charge in [-0.3, -0.25) is 4.79 Å². The van der Waals surface area contributed by atoms with Crippen LogP contribution in [0.3, 0.4) is 0 Å². The molecule has 0 spiro atoms. The first kappa shape index (κ1) is 21.5. The number of urea groups is 1. The lowest BCUT2D eigenvalue weighted by Crippen LogP contribution is -2.32. The van der Waals surface area contributed by atoms with E-state index in [2.05, 4.69) is 10.6 Å². The van der Waals surface area contributed by atoms with Crippen LogP contribution in [0.25, 0.3) is 21.9 Å². The Hall–Kier alpha value is -3.71. The van der Waals surface area contributed by atoms with Gasteiger partial charge in [0.2, 0.25) is 0 Å². The molecule has 3 aromatic carbocycles. The van der Waals surface area contributed by atoms with Gasteiger partial charge in [0.1, 0.15) is 11.6 Å². The molecule has 32 heavy (non-hydrogen) atoms. The summed E-state index contributed by atoms with van der Waals surface area (Å²) in [6, 6.07) is 16.6. The molecule has 8 heteroatoms. The largest absolute Gasteiger partial charge is 0.332 e. The van der Waals surface area contributed by atoms with Gasteiger partial charge in [-0.2, -0.15) is 0 Å². The smallest absolute Gasteiger partial charge is 0.319 e. The second-order valence-electron chi connectivity index (χ2n) is 7.17. The summed E-state index contributed by atoms with van der Waals surface area (Å²) in [5.74, 6) is -1.64. The molecule has 0 aliphatic rings. The van der Waals surface area contributed by atoms with E-state index in [0.29, 0.717) is 27.6 Å². The summed E-state index contributed by atoms with van der Waals surface area (Å²) in [6.07, 6.45) is 0. The van der Waals surface area contributed by atoms with E-state index in [1.54, 1.807) is 25.2 Å². The van der Waals surface area contributed by atoms with Crippen molar-refractivity contribution in [3.05, 3.63) is 99.4 Å². The van der Waals surface area contributed by atoms with Crippen molar-refractivity contribution in [2.45, 2.75) is 6.54 Å². The number of nitrogens with one attached hydrogen (secondary N) is 2. The fraction of sp³-hybridized carbons (Fsp3) is 0.0833. The summed E-state index contributed by atoms with van der Waals surface area (Å²) >= 11 is 6.22. The number of fused-ring (bicyclic) bond motifs is 1. The fourth-order valence-corrected chi connectivity index (χ4v) is 3.76. The SMILES string of the molecule is Cn1c(CNC(=O)Nc2ccc(F)cc2F)c(-c2ccccc2)c2cc(Cl)ccc2c1=O. The number of carbonyl (C=O) groups is 1. The Morgan fingerprint density at radius 3 is 2.47 bits per heavy atom. The average molecular weight is 454 g/mol. The maximum Gasteiger partial charge on any atom is 0.319 e. The molecule has 2 N–H and O–H groups in total. The number of hydrogen-bond acceptors (Lipinski definition) is 2. The minimum atomic E-state index is -0.891. The zero-order chi connectivity index (χ0) is 22.8. The Labute approximate surface area is 187 Å². The van der Waals surface area contributed by atoms with Crippen LogP contribution in [0.15, 0.2) is 71.5 Å². The van der Waals surface area contributed by atoms with Crippen LogP contribution >= 0.6 is 11.6 Å². The summed E-state index contributed by atoms with van der Waals surface area (Å²) in [5.41, 5.74) is 1.74. The first-order valence-corrected chi connectivity index (χ1v) is 10.1. The van der Waals surface area contributed by atoms with Gasteiger partial charge in [-0.25, -0.2) is 13.6 Å². The van der Waals surface area contributed by atoms with Crippen LogP contribution in [-0.2, 0) is 13.6 Å². The Morgan fingerprint density at radius 2 is 1.75 bits per heavy atom. The highest BCUT2D eigenvalue weighted by Crippen LogP contribution is 2.32. The number of benzene rings is 3. The molecule has 0 atom stereocenters. The van der Waals surface area contributed by atoms with Crippen molar-refractivity contribution in [3.63, 3.8) is 0 Å². The van der Waals surface area contributed by atoms with E-state index in [-0.39, 0.29) is 17.8 Å². The normalized spacial score (nSPS) is 10.9. The van der Waals surface area contributed by atoms with E-state index in [1.807, 2.05) is 30.3 Å². The fourth-order valence-electron chi connectivity index (χ4n) is 3.59. The maximum atomic E-state index is 13.8. The zero-order valence-corrected chi connectivity index (χ0v) is 17.7. The first-order valence-electron chi connectivity index (χ1n) is 9.71. The van der Waals surface area contributed by atoms with Crippen molar-refractivity contribution in [3.8, 4) is 11.1 Å². The Bertz CT molecular complexity index is 1390. The highest BCUT2D eigenvalue weighted by atomic mass is 35.5. The van der Waals surface area contributed by atoms with E-state index in [4.69, 9.17) is 11.6 Å². The Kier molecular flexibility index (Phi) is 5.92. The van der Waals surface area contributed by atoms with Gasteiger partial charge in [-0.05, 0) is 41.3 Å². The lowest BCUT2D eigenvalue weighted by atomic mass is 9.96. The zero-order valence-electron chi connectivity index (χ0n) is 17.0. The molecule has 0 saturated carbocycles. The lowest BCUT2D eigenvalue weighted by molar-refractivity contribution is 0.251. The second-order valence-corrected chi connectivity index (χ2v) is 7.61. The molecule has 0 aliphatic heterocycles. The highest BCUT2D eigenvalue weighted by Gasteiger charge is 2.18. The summed E-state index contributed by atoms with van der Waals surface area (Å²) in [7, 11) is 1.62. The van der Waals surface area contributed by atoms with Gasteiger partial charge >= 0.3 is 6.03 Å². The Balaban J connectivity index is 1.74. The number of halogens is 3. The second kappa shape index (κ2) is 8.80. The first-order chi connectivity index (χ1) is 15.3. The predicted octanol–water partition coefficient (Wildman–Crippen LogP) is 5.46. The Morgan fingerprint density at radius 1 is 1.00 bits per heavy atom. The van der Waals surface area contributed by atoms with Crippen molar-refractivity contribution in [1.82, 2.24) is 9.88 Å². The number of aromatic nitrogens is 1. The van der Waals surface area contributed by atoms with Crippen LogP contribution < -0.4 is 16.2 Å². The number of nitrogens with zero attached hydrogens (tertiary/aromatic N) is 1. The molecule has 0 saturated heterocycles. The van der Waals surface area contributed by atoms with E-state index in [9.17, 15) is 18.4 Å². The summed E-state index contributed by atoms with van der Waals surface area (Å²) < 4.78 is 28.4. The standard InChI is InChI=1S/C24H18ClF2N3O2/c1-30-21(13-28-24(32)29-20-10-8-16(26)12-19(20)27)22(14-5-3-2-4-6-14)18-11-15(25)7-9-17(18)23(30)31/h2-12H,13H2,1H3,(H2,28,29,32). The van der Waals surface area contributed by atoms with E-state index >= 15 is 0 Å². The molecule has 2 amide bonds. The molecule has 0 radical (unpaired) electrons. The highest BCUT2D eigenvalue weighted by molar-refractivity contribution is 6.31. The molecule has 4 aromatic rings. The van der Waals surface area contributed by atoms with E-state index in [1.165, 1.54) is 4.57 Å². The van der Waals surface area contributed by atoms with Crippen molar-refractivity contribution in [2.75, 3.05) is 5.32 Å². The van der Waals surface area contributed by atoms with E-state index in [0.717, 1.165) is 23.3 Å². The molecular formula is C24H18ClF2N3O2. The van der Waals surface area contributed by atoms with Gasteiger partial charge in [0.05, 0.1) is 12.2 Å². The van der Waals surface area contributed by atoms with E-state index < -0.39 is 17.7 Å². The number of amides is 2. The molecule has 0 aliphatic carbocycles. The van der Waals surface area contributed by atoms with Crippen LogP contribution in [0.5, 0.6) is 0 Å². The number of pyridine rings is 1. The molecule has 162 valence electrons. The van der Waals surface area contributed by atoms with Crippen LogP contribution in [0.1, 0.15) is 5.69 Å². The van der Waals surface area contributed by atoms with Crippen LogP contribution in [0.4, 0.5) is 19.3 Å². The number of carbonyl (C=O) groups excluding carboxylic acids is 1. The summed E-state index contributed by atoms with van der Waals surface area (Å²) in [4.78, 5) is 25.4. The third-order valence-electron chi connectivity index (χ3n) is 5.14. The molecule has 0 bridgehead atoms. The average Bonchev–Trinajstić information content (AvgIpc) is 2.77. The monoisotopic (exact) mass is 453 g/mol. The van der Waals surface area contributed by atoms with Gasteiger partial charge in [0, 0.05) is 34.8 Å². The van der Waals surface area contributed by atoms with Crippen molar-refractivity contribution in [1.29, 1.82) is 0 Å². The summed E-state index contributed by atoms with van der Waals surface area (Å²) in [6.45, 7) is -0.0208. The minimum Gasteiger partial charge on any atom is -0.332 e. The lowest BCUT2D eigenvalue weighted by Gasteiger charge is -2.18. The number of anilines is 1. The van der Waals surface area contributed by atoms with Gasteiger partial charge in [0.25, 0.3) is 5.56 Å². The maximum absolute atomic E-state index is 13.8. The van der Waals surface area contributed by atoms with Gasteiger partial charge in [-0.15, -0.1) is 0 Å². The quantitative estimate of drug-likeness (QED) is 0.431. The molecule has 0 fully saturated rings. The number of rotatable bonds is 4. The van der Waals surface area contributed by atoms with Crippen LogP contribution in [0, 0.1) is 11.6 Å². The predicted molar refractivity (Wildman–Crippen MR) is 122 cm³/mol. The van der Waals surface area contributed by atoms with Crippen LogP contribution in [0.2, 0.25) is 5.02 Å². The van der Waals surface area contributed by atoms with Gasteiger partial charge in [-0.1, -0.05) is 41.9 Å². The molecule has 4 rings (SSSR count). The molecule has 0 unspecified atom stereocenters. The third-order valence-corrected chi connectivity index (χ3v) is 5.37. The van der Waals surface area contributed by atoms with Gasteiger partial charge in [0.15, 0.2) is 0 Å².